The highest BCUT2D eigenvalue weighted by Crippen LogP contribution is 2.24. The van der Waals surface area contributed by atoms with Crippen molar-refractivity contribution < 1.29 is 4.79 Å². The van der Waals surface area contributed by atoms with Gasteiger partial charge in [-0.2, -0.15) is 10.2 Å². The van der Waals surface area contributed by atoms with Crippen molar-refractivity contribution in [3.05, 3.63) is 84.3 Å². The zero-order chi connectivity index (χ0) is 22.6. The number of rotatable bonds is 6. The summed E-state index contributed by atoms with van der Waals surface area (Å²) in [6, 6.07) is 18.2. The van der Waals surface area contributed by atoms with Gasteiger partial charge in [0.15, 0.2) is 0 Å². The molecule has 5 rings (SSSR count). The summed E-state index contributed by atoms with van der Waals surface area (Å²) >= 11 is 0. The van der Waals surface area contributed by atoms with Crippen LogP contribution in [0.2, 0.25) is 0 Å². The highest BCUT2D eigenvalue weighted by Gasteiger charge is 2.26. The maximum absolute atomic E-state index is 13.0. The lowest BCUT2D eigenvalue weighted by molar-refractivity contribution is -0.121. The molecular weight excluding hydrogens is 412 g/mol. The number of hydrogen-bond acceptors (Lipinski definition) is 4. The van der Waals surface area contributed by atoms with E-state index in [4.69, 9.17) is 0 Å². The number of carbonyl (C=O) groups excluding carboxylic acids is 1. The Morgan fingerprint density at radius 3 is 2.76 bits per heavy atom. The van der Waals surface area contributed by atoms with E-state index in [9.17, 15) is 4.79 Å². The number of piperidine rings is 1. The van der Waals surface area contributed by atoms with E-state index in [1.54, 1.807) is 12.4 Å². The molecule has 0 radical (unpaired) electrons. The first-order chi connectivity index (χ1) is 16.2. The van der Waals surface area contributed by atoms with Crippen LogP contribution in [0.25, 0.3) is 16.9 Å². The first-order valence-electron chi connectivity index (χ1n) is 11.4. The van der Waals surface area contributed by atoms with Crippen LogP contribution in [0, 0.1) is 12.8 Å². The number of hydrogen-bond donors (Lipinski definition) is 2. The Labute approximate surface area is 193 Å². The Morgan fingerprint density at radius 1 is 1.15 bits per heavy atom. The first kappa shape index (κ1) is 21.2. The van der Waals surface area contributed by atoms with Crippen molar-refractivity contribution in [2.75, 3.05) is 18.4 Å². The molecule has 1 fully saturated rings. The van der Waals surface area contributed by atoms with Gasteiger partial charge in [-0.05, 0) is 79.4 Å². The normalized spacial score (nSPS) is 16.6. The van der Waals surface area contributed by atoms with Gasteiger partial charge in [0.25, 0.3) is 0 Å². The highest BCUT2D eigenvalue weighted by molar-refractivity contribution is 5.93. The first-order valence-corrected chi connectivity index (χ1v) is 11.4. The molecule has 7 nitrogen and oxygen atoms in total. The molecule has 7 heteroatoms. The van der Waals surface area contributed by atoms with E-state index in [2.05, 4.69) is 50.6 Å². The number of H-pyrrole nitrogens is 1. The minimum absolute atomic E-state index is 0.00492. The number of likely N-dealkylation sites (tertiary alicyclic amines) is 1. The Hall–Kier alpha value is -3.71. The van der Waals surface area contributed by atoms with Crippen molar-refractivity contribution in [3.63, 3.8) is 0 Å². The van der Waals surface area contributed by atoms with E-state index in [1.165, 1.54) is 11.1 Å². The van der Waals surface area contributed by atoms with Crippen molar-refractivity contribution in [3.8, 4) is 16.9 Å². The number of amides is 1. The molecule has 0 aliphatic carbocycles. The monoisotopic (exact) mass is 440 g/mol. The number of aromatic nitrogens is 4. The summed E-state index contributed by atoms with van der Waals surface area (Å²) in [7, 11) is 0. The molecule has 1 amide bonds. The van der Waals surface area contributed by atoms with Gasteiger partial charge in [-0.3, -0.25) is 14.8 Å². The second-order valence-electron chi connectivity index (χ2n) is 8.67. The molecule has 2 N–H and O–H groups in total. The van der Waals surface area contributed by atoms with Crippen LogP contribution in [-0.4, -0.2) is 43.9 Å². The molecule has 0 spiro atoms. The molecule has 1 aliphatic rings. The minimum Gasteiger partial charge on any atom is -0.326 e. The van der Waals surface area contributed by atoms with Crippen molar-refractivity contribution in [2.45, 2.75) is 26.3 Å². The summed E-state index contributed by atoms with van der Waals surface area (Å²) in [4.78, 5) is 15.4. The van der Waals surface area contributed by atoms with Crippen LogP contribution < -0.4 is 5.32 Å². The number of nitrogens with one attached hydrogen (secondary N) is 2. The maximum atomic E-state index is 13.0. The van der Waals surface area contributed by atoms with Gasteiger partial charge in [0, 0.05) is 37.4 Å². The molecule has 1 aliphatic heterocycles. The Balaban J connectivity index is 1.19. The summed E-state index contributed by atoms with van der Waals surface area (Å²) in [5.41, 5.74) is 6.43. The van der Waals surface area contributed by atoms with Crippen molar-refractivity contribution >= 4 is 11.6 Å². The van der Waals surface area contributed by atoms with E-state index in [0.717, 1.165) is 55.1 Å². The zero-order valence-corrected chi connectivity index (χ0v) is 18.7. The molecule has 1 saturated heterocycles. The van der Waals surface area contributed by atoms with Gasteiger partial charge in [0.2, 0.25) is 5.91 Å². The van der Waals surface area contributed by atoms with E-state index in [0.29, 0.717) is 0 Å². The average Bonchev–Trinajstić information content (AvgIpc) is 3.56. The van der Waals surface area contributed by atoms with E-state index >= 15 is 0 Å². The Bertz CT molecular complexity index is 1200. The van der Waals surface area contributed by atoms with Crippen LogP contribution in [0.5, 0.6) is 0 Å². The molecule has 2 aromatic carbocycles. The maximum Gasteiger partial charge on any atom is 0.228 e. The summed E-state index contributed by atoms with van der Waals surface area (Å²) in [6.45, 7) is 4.79. The molecular formula is C26H28N6O. The average molecular weight is 441 g/mol. The van der Waals surface area contributed by atoms with E-state index < -0.39 is 0 Å². The van der Waals surface area contributed by atoms with Gasteiger partial charge in [-0.1, -0.05) is 18.2 Å². The van der Waals surface area contributed by atoms with Crippen LogP contribution in [0.1, 0.15) is 24.0 Å². The van der Waals surface area contributed by atoms with Crippen LogP contribution >= 0.6 is 0 Å². The summed E-state index contributed by atoms with van der Waals surface area (Å²) in [6.07, 6.45) is 7.42. The fraction of sp³-hybridized carbons (Fsp3) is 0.269. The zero-order valence-electron chi connectivity index (χ0n) is 18.7. The second-order valence-corrected chi connectivity index (χ2v) is 8.67. The summed E-state index contributed by atoms with van der Waals surface area (Å²) < 4.78 is 1.87. The topological polar surface area (TPSA) is 78.8 Å². The SMILES string of the molecule is Cc1cc(-n2cccn2)ccc1CN1CCCC(C(=O)Nc2ccc(-c3ccn[nH]3)cc2)C1. The predicted octanol–water partition coefficient (Wildman–Crippen LogP) is 4.42. The van der Waals surface area contributed by atoms with Gasteiger partial charge in [-0.25, -0.2) is 4.68 Å². The third kappa shape index (κ3) is 4.88. The quantitative estimate of drug-likeness (QED) is 0.465. The molecule has 168 valence electrons. The molecule has 2 aromatic heterocycles. The largest absolute Gasteiger partial charge is 0.326 e. The number of aromatic amines is 1. The van der Waals surface area contributed by atoms with Crippen LogP contribution in [0.4, 0.5) is 5.69 Å². The van der Waals surface area contributed by atoms with Gasteiger partial charge < -0.3 is 5.32 Å². The van der Waals surface area contributed by atoms with Gasteiger partial charge in [-0.15, -0.1) is 0 Å². The van der Waals surface area contributed by atoms with E-state index in [1.807, 2.05) is 47.3 Å². The number of carbonyl (C=O) groups is 1. The third-order valence-electron chi connectivity index (χ3n) is 6.33. The van der Waals surface area contributed by atoms with Gasteiger partial charge >= 0.3 is 0 Å². The smallest absolute Gasteiger partial charge is 0.228 e. The third-order valence-corrected chi connectivity index (χ3v) is 6.33. The molecule has 1 atom stereocenters. The molecule has 0 saturated carbocycles. The number of anilines is 1. The van der Waals surface area contributed by atoms with Crippen LogP contribution in [0.15, 0.2) is 73.2 Å². The minimum atomic E-state index is -0.00492. The van der Waals surface area contributed by atoms with Crippen molar-refractivity contribution in [1.82, 2.24) is 24.9 Å². The number of nitrogens with zero attached hydrogens (tertiary/aromatic N) is 4. The fourth-order valence-corrected chi connectivity index (χ4v) is 4.47. The number of aryl methyl sites for hydroxylation is 1. The van der Waals surface area contributed by atoms with Crippen molar-refractivity contribution in [2.24, 2.45) is 5.92 Å². The lowest BCUT2D eigenvalue weighted by Gasteiger charge is -2.32. The molecule has 3 heterocycles. The molecule has 0 bridgehead atoms. The second kappa shape index (κ2) is 9.42. The van der Waals surface area contributed by atoms with E-state index in [-0.39, 0.29) is 11.8 Å². The summed E-state index contributed by atoms with van der Waals surface area (Å²) in [5, 5.41) is 14.4. The predicted molar refractivity (Wildman–Crippen MR) is 129 cm³/mol. The van der Waals surface area contributed by atoms with Crippen molar-refractivity contribution in [1.29, 1.82) is 0 Å². The van der Waals surface area contributed by atoms with Crippen LogP contribution in [-0.2, 0) is 11.3 Å². The van der Waals surface area contributed by atoms with Gasteiger partial charge in [0.1, 0.15) is 0 Å². The summed E-state index contributed by atoms with van der Waals surface area (Å²) in [5.74, 6) is 0.0921. The number of benzene rings is 2. The van der Waals surface area contributed by atoms with Crippen LogP contribution in [0.3, 0.4) is 0 Å². The Morgan fingerprint density at radius 2 is 2.03 bits per heavy atom. The molecule has 4 aromatic rings. The molecule has 1 unspecified atom stereocenters. The lowest BCUT2D eigenvalue weighted by atomic mass is 9.96. The van der Waals surface area contributed by atoms with Gasteiger partial charge in [0.05, 0.1) is 17.3 Å². The molecule has 33 heavy (non-hydrogen) atoms. The lowest BCUT2D eigenvalue weighted by Crippen LogP contribution is -2.40. The fourth-order valence-electron chi connectivity index (χ4n) is 4.47. The Kier molecular flexibility index (Phi) is 6.04. The standard InChI is InChI=1S/C26H28N6O/c1-19-16-24(32-15-3-12-28-32)10-7-21(19)17-31-14-2-4-22(18-31)26(33)29-23-8-5-20(6-9-23)25-11-13-27-30-25/h3,5-13,15-16,22H,2,4,14,17-18H2,1H3,(H,27,30)(H,29,33). The highest BCUT2D eigenvalue weighted by atomic mass is 16.1.